The van der Waals surface area contributed by atoms with E-state index in [1.54, 1.807) is 6.33 Å². The molecule has 0 N–H and O–H groups in total. The Morgan fingerprint density at radius 3 is 2.56 bits per heavy atom. The van der Waals surface area contributed by atoms with E-state index in [1.165, 1.54) is 5.56 Å². The lowest BCUT2D eigenvalue weighted by Crippen LogP contribution is -2.31. The van der Waals surface area contributed by atoms with E-state index in [4.69, 9.17) is 0 Å². The minimum atomic E-state index is 0.531. The third-order valence-electron chi connectivity index (χ3n) is 3.59. The van der Waals surface area contributed by atoms with Gasteiger partial charge in [-0.2, -0.15) is 0 Å². The van der Waals surface area contributed by atoms with Crippen molar-refractivity contribution in [3.63, 3.8) is 0 Å². The standard InChI is InChI=1S/C15H21N3/c1-5-12(6-2)18(4)15-13-9-11(3)7-8-14(13)16-10-17-15/h7-10,12H,5-6H2,1-4H3. The van der Waals surface area contributed by atoms with Gasteiger partial charge in [-0.15, -0.1) is 0 Å². The summed E-state index contributed by atoms with van der Waals surface area (Å²) in [5.74, 6) is 1.04. The molecule has 1 aromatic carbocycles. The molecule has 1 aromatic heterocycles. The number of hydrogen-bond acceptors (Lipinski definition) is 3. The SMILES string of the molecule is CCC(CC)N(C)c1ncnc2ccc(C)cc12. The number of fused-ring (bicyclic) bond motifs is 1. The molecule has 0 spiro atoms. The van der Waals surface area contributed by atoms with Gasteiger partial charge in [0, 0.05) is 18.5 Å². The quantitative estimate of drug-likeness (QED) is 0.822. The highest BCUT2D eigenvalue weighted by molar-refractivity contribution is 5.89. The van der Waals surface area contributed by atoms with Crippen LogP contribution in [0.1, 0.15) is 32.3 Å². The summed E-state index contributed by atoms with van der Waals surface area (Å²) < 4.78 is 0. The van der Waals surface area contributed by atoms with E-state index in [9.17, 15) is 0 Å². The molecule has 0 aliphatic heterocycles. The molecule has 0 aliphatic rings. The van der Waals surface area contributed by atoms with Crippen LogP contribution in [-0.4, -0.2) is 23.1 Å². The predicted molar refractivity (Wildman–Crippen MR) is 77.0 cm³/mol. The van der Waals surface area contributed by atoms with Crippen LogP contribution < -0.4 is 4.90 Å². The van der Waals surface area contributed by atoms with Crippen LogP contribution in [-0.2, 0) is 0 Å². The summed E-state index contributed by atoms with van der Waals surface area (Å²) in [7, 11) is 2.13. The Balaban J connectivity index is 2.53. The van der Waals surface area contributed by atoms with Gasteiger partial charge in [0.25, 0.3) is 0 Å². The first-order chi connectivity index (χ1) is 8.67. The topological polar surface area (TPSA) is 29.0 Å². The van der Waals surface area contributed by atoms with Crippen molar-refractivity contribution < 1.29 is 0 Å². The molecule has 3 heteroatoms. The van der Waals surface area contributed by atoms with E-state index in [2.05, 4.69) is 60.9 Å². The normalized spacial score (nSPS) is 11.2. The Hall–Kier alpha value is -1.64. The lowest BCUT2D eigenvalue weighted by molar-refractivity contribution is 0.588. The van der Waals surface area contributed by atoms with Gasteiger partial charge >= 0.3 is 0 Å². The zero-order valence-corrected chi connectivity index (χ0v) is 11.6. The highest BCUT2D eigenvalue weighted by Gasteiger charge is 2.15. The maximum absolute atomic E-state index is 4.48. The van der Waals surface area contributed by atoms with Crippen molar-refractivity contribution in [2.45, 2.75) is 39.7 Å². The van der Waals surface area contributed by atoms with Crippen LogP contribution >= 0.6 is 0 Å². The molecule has 96 valence electrons. The number of nitrogens with zero attached hydrogens (tertiary/aromatic N) is 3. The number of benzene rings is 1. The van der Waals surface area contributed by atoms with Gasteiger partial charge in [-0.1, -0.05) is 25.5 Å². The van der Waals surface area contributed by atoms with Crippen LogP contribution in [0.2, 0.25) is 0 Å². The molecule has 0 atom stereocenters. The zero-order valence-electron chi connectivity index (χ0n) is 11.6. The Kier molecular flexibility index (Phi) is 3.80. The molecule has 0 unspecified atom stereocenters. The first-order valence-corrected chi connectivity index (χ1v) is 6.61. The lowest BCUT2D eigenvalue weighted by Gasteiger charge is -2.28. The van der Waals surface area contributed by atoms with Crippen LogP contribution in [0.4, 0.5) is 5.82 Å². The second-order valence-electron chi connectivity index (χ2n) is 4.80. The maximum Gasteiger partial charge on any atom is 0.139 e. The Bertz CT molecular complexity index is 532. The first-order valence-electron chi connectivity index (χ1n) is 6.61. The van der Waals surface area contributed by atoms with Gasteiger partial charge in [-0.05, 0) is 31.9 Å². The summed E-state index contributed by atoms with van der Waals surface area (Å²) in [6, 6.07) is 6.86. The number of aryl methyl sites for hydroxylation is 1. The number of aromatic nitrogens is 2. The molecule has 0 bridgehead atoms. The average molecular weight is 243 g/mol. The molecular weight excluding hydrogens is 222 g/mol. The number of hydrogen-bond donors (Lipinski definition) is 0. The molecule has 2 rings (SSSR count). The molecule has 0 amide bonds. The van der Waals surface area contributed by atoms with Gasteiger partial charge in [0.05, 0.1) is 5.52 Å². The van der Waals surface area contributed by atoms with E-state index in [-0.39, 0.29) is 0 Å². The highest BCUT2D eigenvalue weighted by Crippen LogP contribution is 2.25. The summed E-state index contributed by atoms with van der Waals surface area (Å²) in [5, 5.41) is 1.15. The molecule has 0 fully saturated rings. The van der Waals surface area contributed by atoms with Crippen molar-refractivity contribution in [3.05, 3.63) is 30.1 Å². The molecule has 0 saturated heterocycles. The molecule has 0 radical (unpaired) electrons. The number of anilines is 1. The third-order valence-corrected chi connectivity index (χ3v) is 3.59. The van der Waals surface area contributed by atoms with Gasteiger partial charge in [0.15, 0.2) is 0 Å². The smallest absolute Gasteiger partial charge is 0.139 e. The fourth-order valence-electron chi connectivity index (χ4n) is 2.45. The van der Waals surface area contributed by atoms with E-state index in [0.29, 0.717) is 6.04 Å². The highest BCUT2D eigenvalue weighted by atomic mass is 15.2. The largest absolute Gasteiger partial charge is 0.356 e. The van der Waals surface area contributed by atoms with Crippen LogP contribution in [0, 0.1) is 6.92 Å². The third kappa shape index (κ3) is 2.30. The van der Waals surface area contributed by atoms with Crippen LogP contribution in [0.5, 0.6) is 0 Å². The van der Waals surface area contributed by atoms with Crippen molar-refractivity contribution in [2.24, 2.45) is 0 Å². The first kappa shape index (κ1) is 12.8. The number of rotatable bonds is 4. The Morgan fingerprint density at radius 1 is 1.17 bits per heavy atom. The molecule has 18 heavy (non-hydrogen) atoms. The zero-order chi connectivity index (χ0) is 13.1. The van der Waals surface area contributed by atoms with E-state index >= 15 is 0 Å². The monoisotopic (exact) mass is 243 g/mol. The Morgan fingerprint density at radius 2 is 1.89 bits per heavy atom. The predicted octanol–water partition coefficient (Wildman–Crippen LogP) is 3.56. The van der Waals surface area contributed by atoms with Crippen LogP contribution in [0.25, 0.3) is 10.9 Å². The fraction of sp³-hybridized carbons (Fsp3) is 0.467. The van der Waals surface area contributed by atoms with Gasteiger partial charge in [0.2, 0.25) is 0 Å². The van der Waals surface area contributed by atoms with Crippen LogP contribution in [0.3, 0.4) is 0 Å². The summed E-state index contributed by atoms with van der Waals surface area (Å²) >= 11 is 0. The van der Waals surface area contributed by atoms with E-state index in [1.807, 2.05) is 0 Å². The molecular formula is C15H21N3. The fourth-order valence-corrected chi connectivity index (χ4v) is 2.45. The van der Waals surface area contributed by atoms with Gasteiger partial charge in [-0.25, -0.2) is 9.97 Å². The molecule has 3 nitrogen and oxygen atoms in total. The molecule has 1 heterocycles. The van der Waals surface area contributed by atoms with Gasteiger partial charge < -0.3 is 4.90 Å². The minimum absolute atomic E-state index is 0.531. The maximum atomic E-state index is 4.48. The van der Waals surface area contributed by atoms with Crippen molar-refractivity contribution in [3.8, 4) is 0 Å². The lowest BCUT2D eigenvalue weighted by atomic mass is 10.1. The average Bonchev–Trinajstić information content (AvgIpc) is 2.39. The van der Waals surface area contributed by atoms with Crippen molar-refractivity contribution in [2.75, 3.05) is 11.9 Å². The summed E-state index contributed by atoms with van der Waals surface area (Å²) in [5.41, 5.74) is 2.26. The Labute approximate surface area is 109 Å². The van der Waals surface area contributed by atoms with Crippen molar-refractivity contribution in [1.29, 1.82) is 0 Å². The van der Waals surface area contributed by atoms with Crippen LogP contribution in [0.15, 0.2) is 24.5 Å². The van der Waals surface area contributed by atoms with Crippen molar-refractivity contribution in [1.82, 2.24) is 9.97 Å². The van der Waals surface area contributed by atoms with Gasteiger partial charge in [0.1, 0.15) is 12.1 Å². The minimum Gasteiger partial charge on any atom is -0.356 e. The van der Waals surface area contributed by atoms with Crippen molar-refractivity contribution >= 4 is 16.7 Å². The second kappa shape index (κ2) is 5.34. The summed E-state index contributed by atoms with van der Waals surface area (Å²) in [4.78, 5) is 11.1. The summed E-state index contributed by atoms with van der Waals surface area (Å²) in [6.07, 6.45) is 3.92. The molecule has 0 aliphatic carbocycles. The molecule has 2 aromatic rings. The van der Waals surface area contributed by atoms with E-state index in [0.717, 1.165) is 29.6 Å². The second-order valence-corrected chi connectivity index (χ2v) is 4.80. The van der Waals surface area contributed by atoms with Gasteiger partial charge in [-0.3, -0.25) is 0 Å². The molecule has 0 saturated carbocycles. The van der Waals surface area contributed by atoms with E-state index < -0.39 is 0 Å². The summed E-state index contributed by atoms with van der Waals surface area (Å²) in [6.45, 7) is 6.55.